The second-order valence-corrected chi connectivity index (χ2v) is 13.4. The Hall–Kier alpha value is -4.43. The predicted octanol–water partition coefficient (Wildman–Crippen LogP) is 5.51. The Balaban J connectivity index is 1.16. The van der Waals surface area contributed by atoms with Gasteiger partial charge in [-0.15, -0.1) is 0 Å². The van der Waals surface area contributed by atoms with Crippen LogP contribution in [-0.2, 0) is 25.4 Å². The summed E-state index contributed by atoms with van der Waals surface area (Å²) in [5.74, 6) is -0.757. The molecule has 49 heavy (non-hydrogen) atoms. The van der Waals surface area contributed by atoms with Gasteiger partial charge in [0.1, 0.15) is 41.9 Å². The number of methoxy groups -OCH3 is 1. The molecule has 2 aliphatic heterocycles. The Morgan fingerprint density at radius 2 is 2.04 bits per heavy atom. The lowest BCUT2D eigenvalue weighted by Crippen LogP contribution is -2.41. The third kappa shape index (κ3) is 7.91. The van der Waals surface area contributed by atoms with Gasteiger partial charge in [-0.3, -0.25) is 9.78 Å². The average Bonchev–Trinajstić information content (AvgIpc) is 3.67. The zero-order valence-electron chi connectivity index (χ0n) is 27.4. The number of carbonyl (C=O) groups is 1. The number of fused-ring (bicyclic) bond motifs is 2. The molecule has 2 aromatic carbocycles. The minimum atomic E-state index is -1.93. The first-order chi connectivity index (χ1) is 23.6. The molecule has 0 saturated carbocycles. The summed E-state index contributed by atoms with van der Waals surface area (Å²) in [4.78, 5) is 28.2. The van der Waals surface area contributed by atoms with Gasteiger partial charge in [0.25, 0.3) is 0 Å². The van der Waals surface area contributed by atoms with Crippen molar-refractivity contribution < 1.29 is 36.8 Å². The zero-order chi connectivity index (χ0) is 34.7. The molecule has 13 nitrogen and oxygen atoms in total. The lowest BCUT2D eigenvalue weighted by molar-refractivity contribution is -0.148. The number of halogens is 2. The molecule has 5 unspecified atom stereocenters. The summed E-state index contributed by atoms with van der Waals surface area (Å²) in [6.07, 6.45) is 1.74. The fraction of sp³-hybridized carbons (Fsp3) is 0.394. The first-order valence-corrected chi connectivity index (χ1v) is 17.0. The van der Waals surface area contributed by atoms with Gasteiger partial charge in [-0.25, -0.2) is 13.9 Å². The third-order valence-electron chi connectivity index (χ3n) is 8.22. The summed E-state index contributed by atoms with van der Waals surface area (Å²) in [5.41, 5.74) is 7.45. The molecule has 4 N–H and O–H groups in total. The van der Waals surface area contributed by atoms with Crippen LogP contribution in [0.1, 0.15) is 32.8 Å². The van der Waals surface area contributed by atoms with Crippen LogP contribution in [0.4, 0.5) is 26.2 Å². The highest BCUT2D eigenvalue weighted by Crippen LogP contribution is 2.43. The summed E-state index contributed by atoms with van der Waals surface area (Å²) >= 11 is 0. The number of ether oxygens (including phenoxy) is 3. The Morgan fingerprint density at radius 1 is 1.20 bits per heavy atom. The Morgan fingerprint density at radius 3 is 2.82 bits per heavy atom. The van der Waals surface area contributed by atoms with Crippen molar-refractivity contribution in [1.29, 1.82) is 0 Å². The highest BCUT2D eigenvalue weighted by molar-refractivity contribution is 7.45. The molecule has 0 amide bonds. The minimum absolute atomic E-state index is 0.0577. The molecule has 0 aliphatic carbocycles. The van der Waals surface area contributed by atoms with Crippen LogP contribution >= 0.6 is 8.53 Å². The van der Waals surface area contributed by atoms with E-state index in [-0.39, 0.29) is 48.9 Å². The van der Waals surface area contributed by atoms with Gasteiger partial charge >= 0.3 is 14.5 Å². The van der Waals surface area contributed by atoms with Gasteiger partial charge in [0.2, 0.25) is 11.8 Å². The summed E-state index contributed by atoms with van der Waals surface area (Å²) < 4.78 is 57.6. The first kappa shape index (κ1) is 34.4. The average molecular weight is 698 g/mol. The van der Waals surface area contributed by atoms with E-state index in [0.717, 1.165) is 23.0 Å². The highest BCUT2D eigenvalue weighted by Gasteiger charge is 2.41. The van der Waals surface area contributed by atoms with Crippen LogP contribution in [0, 0.1) is 23.5 Å². The second kappa shape index (κ2) is 15.0. The number of pyridine rings is 1. The lowest BCUT2D eigenvalue weighted by atomic mass is 10.1. The van der Waals surface area contributed by atoms with Crippen molar-refractivity contribution in [1.82, 2.24) is 20.0 Å². The number of nitrogen functional groups attached to an aromatic ring is 1. The van der Waals surface area contributed by atoms with Gasteiger partial charge in [0.15, 0.2) is 5.82 Å². The van der Waals surface area contributed by atoms with Crippen LogP contribution in [-0.4, -0.2) is 59.7 Å². The monoisotopic (exact) mass is 697 g/mol. The Labute approximate surface area is 283 Å². The normalized spacial score (nSPS) is 19.8. The Bertz CT molecular complexity index is 1810. The van der Waals surface area contributed by atoms with Gasteiger partial charge < -0.3 is 39.2 Å². The largest absolute Gasteiger partial charge is 0.479 e. The number of esters is 1. The van der Waals surface area contributed by atoms with E-state index in [2.05, 4.69) is 32.3 Å². The molecule has 260 valence electrons. The highest BCUT2D eigenvalue weighted by atomic mass is 31.2. The molecule has 2 aliphatic rings. The topological polar surface area (TPSA) is 155 Å². The minimum Gasteiger partial charge on any atom is -0.479 e. The van der Waals surface area contributed by atoms with Crippen LogP contribution in [0.25, 0.3) is 10.9 Å². The smallest absolute Gasteiger partial charge is 0.324 e. The third-order valence-corrected chi connectivity index (χ3v) is 9.47. The maximum absolute atomic E-state index is 14.2. The summed E-state index contributed by atoms with van der Waals surface area (Å²) in [6, 6.07) is 11.4. The molecule has 4 heterocycles. The van der Waals surface area contributed by atoms with Crippen molar-refractivity contribution in [2.75, 3.05) is 36.3 Å². The second-order valence-electron chi connectivity index (χ2n) is 12.2. The van der Waals surface area contributed by atoms with Crippen LogP contribution in [0.15, 0.2) is 54.7 Å². The number of carbonyl (C=O) groups excluding carboxylic acids is 1. The molecule has 0 bridgehead atoms. The van der Waals surface area contributed by atoms with Gasteiger partial charge in [-0.2, -0.15) is 9.97 Å². The van der Waals surface area contributed by atoms with Crippen LogP contribution in [0.2, 0.25) is 0 Å². The number of nitrogens with one attached hydrogen (secondary N) is 2. The SMILES string of the molecule is COc1nc(N)nc2c1NCN2C1OC(COP(NC(C(=O)OCc2ccc(F)cc2F)C(C)C)Oc2ccc3ncccc3c2)CC1C. The van der Waals surface area contributed by atoms with Crippen molar-refractivity contribution in [3.8, 4) is 11.6 Å². The van der Waals surface area contributed by atoms with E-state index in [0.29, 0.717) is 36.2 Å². The molecular weight excluding hydrogens is 659 g/mol. The molecule has 16 heteroatoms. The molecule has 4 aromatic rings. The zero-order valence-corrected chi connectivity index (χ0v) is 28.3. The van der Waals surface area contributed by atoms with Crippen molar-refractivity contribution in [2.24, 2.45) is 11.8 Å². The predicted molar refractivity (Wildman–Crippen MR) is 180 cm³/mol. The molecule has 6 rings (SSSR count). The quantitative estimate of drug-likeness (QED) is 0.119. The number of aromatic nitrogens is 3. The number of benzene rings is 2. The summed E-state index contributed by atoms with van der Waals surface area (Å²) in [6.45, 7) is 5.98. The maximum atomic E-state index is 14.2. The van der Waals surface area contributed by atoms with Crippen LogP contribution in [0.5, 0.6) is 11.6 Å². The number of rotatable bonds is 13. The summed E-state index contributed by atoms with van der Waals surface area (Å²) in [5, 5.41) is 7.33. The maximum Gasteiger partial charge on any atom is 0.324 e. The molecule has 1 fully saturated rings. The van der Waals surface area contributed by atoms with E-state index < -0.39 is 32.2 Å². The van der Waals surface area contributed by atoms with Crippen molar-refractivity contribution in [3.05, 3.63) is 71.9 Å². The fourth-order valence-electron chi connectivity index (χ4n) is 5.72. The van der Waals surface area contributed by atoms with Crippen LogP contribution < -0.4 is 30.3 Å². The molecule has 0 spiro atoms. The van der Waals surface area contributed by atoms with E-state index >= 15 is 0 Å². The van der Waals surface area contributed by atoms with E-state index in [9.17, 15) is 13.6 Å². The Kier molecular flexibility index (Phi) is 10.5. The lowest BCUT2D eigenvalue weighted by Gasteiger charge is -2.28. The molecule has 0 radical (unpaired) electrons. The number of hydrogen-bond donors (Lipinski definition) is 3. The van der Waals surface area contributed by atoms with Crippen molar-refractivity contribution >= 4 is 42.9 Å². The van der Waals surface area contributed by atoms with Gasteiger partial charge in [0.05, 0.1) is 32.0 Å². The molecule has 2 aromatic heterocycles. The first-order valence-electron chi connectivity index (χ1n) is 15.8. The van der Waals surface area contributed by atoms with Crippen molar-refractivity contribution in [3.63, 3.8) is 0 Å². The molecule has 1 saturated heterocycles. The number of hydrogen-bond acceptors (Lipinski definition) is 13. The number of nitrogens with zero attached hydrogens (tertiary/aromatic N) is 4. The fourth-order valence-corrected chi connectivity index (χ4v) is 7.14. The van der Waals surface area contributed by atoms with Crippen molar-refractivity contribution in [2.45, 2.75) is 52.2 Å². The number of anilines is 3. The van der Waals surface area contributed by atoms with E-state index in [1.165, 1.54) is 13.2 Å². The van der Waals surface area contributed by atoms with E-state index in [1.54, 1.807) is 12.3 Å². The summed E-state index contributed by atoms with van der Waals surface area (Å²) in [7, 11) is -0.414. The van der Waals surface area contributed by atoms with Crippen LogP contribution in [0.3, 0.4) is 0 Å². The standard InChI is InChI=1S/C33H38F2N7O6P/c1-18(2)27(32(43)45-15-21-7-8-22(34)14-25(21)35)41-49(48-23-9-10-26-20(13-23)6-5-11-37-26)46-16-24-12-19(3)31(47-24)42-17-38-28-29(42)39-33(36)40-30(28)44-4/h5-11,13-14,18-19,24,27,31,38,41H,12,15-17H2,1-4H3,(H2,36,39,40). The van der Waals surface area contributed by atoms with Gasteiger partial charge in [-0.1, -0.05) is 26.8 Å². The van der Waals surface area contributed by atoms with Gasteiger partial charge in [0, 0.05) is 29.1 Å². The van der Waals surface area contributed by atoms with E-state index in [4.69, 9.17) is 29.0 Å². The van der Waals surface area contributed by atoms with Gasteiger partial charge in [-0.05, 0) is 48.7 Å². The number of nitrogens with two attached hydrogens (primary N) is 1. The molecular formula is C33H38F2N7O6P. The molecule has 5 atom stereocenters. The van der Waals surface area contributed by atoms with E-state index in [1.807, 2.05) is 43.0 Å².